The zero-order valence-corrected chi connectivity index (χ0v) is 28.4. The van der Waals surface area contributed by atoms with E-state index < -0.39 is 0 Å². The number of carbonyl (C=O) groups is 1. The van der Waals surface area contributed by atoms with E-state index in [1.54, 1.807) is 18.9 Å². The summed E-state index contributed by atoms with van der Waals surface area (Å²) in [7, 11) is 3.25. The van der Waals surface area contributed by atoms with Gasteiger partial charge in [0.2, 0.25) is 5.88 Å². The van der Waals surface area contributed by atoms with Crippen molar-refractivity contribution in [1.82, 2.24) is 33.8 Å². The van der Waals surface area contributed by atoms with Gasteiger partial charge in [0.25, 0.3) is 5.91 Å². The quantitative estimate of drug-likeness (QED) is 0.194. The van der Waals surface area contributed by atoms with Gasteiger partial charge >= 0.3 is 0 Å². The predicted octanol–water partition coefficient (Wildman–Crippen LogP) is 5.91. The van der Waals surface area contributed by atoms with Crippen LogP contribution in [0, 0.1) is 11.8 Å². The number of imidazole rings is 1. The smallest absolute Gasteiger partial charge is 0.254 e. The van der Waals surface area contributed by atoms with E-state index in [2.05, 4.69) is 56.5 Å². The fourth-order valence-electron chi connectivity index (χ4n) is 7.38. The Kier molecular flexibility index (Phi) is 7.86. The Bertz CT molecular complexity index is 2180. The number of carbonyl (C=O) groups excluding carboxylic acids is 1. The minimum atomic E-state index is -0.0546. The first-order valence-corrected chi connectivity index (χ1v) is 17.1. The van der Waals surface area contributed by atoms with Crippen molar-refractivity contribution in [2.45, 2.75) is 58.3 Å². The second kappa shape index (κ2) is 12.4. The van der Waals surface area contributed by atoms with E-state index in [9.17, 15) is 4.79 Å². The van der Waals surface area contributed by atoms with Crippen LogP contribution >= 0.6 is 0 Å². The monoisotopic (exact) mass is 658 g/mol. The number of benzene rings is 2. The normalized spacial score (nSPS) is 19.3. The maximum absolute atomic E-state index is 14.1. The molecule has 0 spiro atoms. The van der Waals surface area contributed by atoms with E-state index in [0.29, 0.717) is 47.5 Å². The minimum Gasteiger partial charge on any atom is -0.494 e. The summed E-state index contributed by atoms with van der Waals surface area (Å²) >= 11 is 0. The van der Waals surface area contributed by atoms with Gasteiger partial charge in [-0.1, -0.05) is 37.6 Å². The molecule has 1 saturated heterocycles. The van der Waals surface area contributed by atoms with Gasteiger partial charge in [-0.05, 0) is 61.9 Å². The number of fused-ring (bicyclic) bond motifs is 2. The largest absolute Gasteiger partial charge is 0.494 e. The molecule has 3 atom stereocenters. The molecule has 1 saturated carbocycles. The predicted molar refractivity (Wildman–Crippen MR) is 189 cm³/mol. The van der Waals surface area contributed by atoms with Crippen LogP contribution in [0.25, 0.3) is 39.3 Å². The van der Waals surface area contributed by atoms with Crippen molar-refractivity contribution in [2.75, 3.05) is 20.8 Å². The molecule has 4 aromatic heterocycles. The average Bonchev–Trinajstić information content (AvgIpc) is 3.40. The number of ether oxygens (including phenoxy) is 2. The second-order valence-electron chi connectivity index (χ2n) is 13.5. The first-order valence-electron chi connectivity index (χ1n) is 17.1. The van der Waals surface area contributed by atoms with E-state index in [1.165, 1.54) is 23.7 Å². The van der Waals surface area contributed by atoms with Crippen LogP contribution < -0.4 is 15.2 Å². The molecule has 5 heterocycles. The lowest BCUT2D eigenvalue weighted by Gasteiger charge is -2.23. The lowest BCUT2D eigenvalue weighted by molar-refractivity contribution is 0.0739. The van der Waals surface area contributed by atoms with Crippen molar-refractivity contribution in [1.29, 1.82) is 0 Å². The third-order valence-electron chi connectivity index (χ3n) is 10.4. The summed E-state index contributed by atoms with van der Waals surface area (Å²) in [6, 6.07) is 20.0. The van der Waals surface area contributed by atoms with E-state index in [1.807, 2.05) is 54.5 Å². The number of nitrogens with two attached hydrogens (primary N) is 1. The van der Waals surface area contributed by atoms with Gasteiger partial charge in [0.1, 0.15) is 11.3 Å². The first-order chi connectivity index (χ1) is 23.9. The number of methoxy groups -OCH3 is 2. The van der Waals surface area contributed by atoms with Crippen LogP contribution in [0.3, 0.4) is 0 Å². The van der Waals surface area contributed by atoms with Gasteiger partial charge in [-0.25, -0.2) is 9.67 Å². The standard InChI is InChI=1S/C38H42N8O3/c1-5-26-22-43(23(2)35(26)39)38(47)28-15-29-36(32(17-28)48-3)45(20-25-18-40-46(21-25)33-11-8-12-34(42-33)49-4)37(41-29)31-16-27-9-6-7-10-30(27)44(31)19-24-13-14-24/h6-12,15-18,21,23-24,26,35H,5,13-14,19-20,22,39H2,1-4H3. The number of likely N-dealkylation sites (tertiary alicyclic amines) is 1. The fraction of sp³-hybridized carbons (Fsp3) is 0.368. The lowest BCUT2D eigenvalue weighted by atomic mass is 9.98. The fourth-order valence-corrected chi connectivity index (χ4v) is 7.38. The number of aromatic nitrogens is 6. The zero-order chi connectivity index (χ0) is 33.8. The topological polar surface area (TPSA) is 118 Å². The van der Waals surface area contributed by atoms with Crippen LogP contribution in [-0.2, 0) is 13.1 Å². The maximum Gasteiger partial charge on any atom is 0.254 e. The Morgan fingerprint density at radius 2 is 1.84 bits per heavy atom. The van der Waals surface area contributed by atoms with Crippen LogP contribution in [0.15, 0.2) is 73.1 Å². The average molecular weight is 659 g/mol. The summed E-state index contributed by atoms with van der Waals surface area (Å²) in [5.41, 5.74) is 11.8. The van der Waals surface area contributed by atoms with E-state index in [-0.39, 0.29) is 23.9 Å². The SMILES string of the molecule is CCC1CN(C(=O)c2cc(OC)c3c(c2)nc(-c2cc4ccccc4n2CC2CC2)n3Cc2cnn(-c3cccc(OC)n3)c2)C(C)C1N. The summed E-state index contributed by atoms with van der Waals surface area (Å²) in [4.78, 5) is 25.8. The molecule has 0 radical (unpaired) electrons. The molecule has 252 valence electrons. The Morgan fingerprint density at radius 3 is 2.59 bits per heavy atom. The summed E-state index contributed by atoms with van der Waals surface area (Å²) in [5.74, 6) is 3.46. The molecule has 1 amide bonds. The molecule has 2 fully saturated rings. The first kappa shape index (κ1) is 31.1. The molecule has 11 nitrogen and oxygen atoms in total. The summed E-state index contributed by atoms with van der Waals surface area (Å²) < 4.78 is 17.8. The highest BCUT2D eigenvalue weighted by molar-refractivity contribution is 6.00. The van der Waals surface area contributed by atoms with Crippen molar-refractivity contribution in [3.05, 3.63) is 84.2 Å². The highest BCUT2D eigenvalue weighted by Crippen LogP contribution is 2.39. The molecule has 11 heteroatoms. The second-order valence-corrected chi connectivity index (χ2v) is 13.5. The maximum atomic E-state index is 14.1. The van der Waals surface area contributed by atoms with Crippen molar-refractivity contribution >= 4 is 27.8 Å². The third-order valence-corrected chi connectivity index (χ3v) is 10.4. The van der Waals surface area contributed by atoms with Gasteiger partial charge in [0.05, 0.1) is 38.2 Å². The molecule has 2 aliphatic rings. The van der Waals surface area contributed by atoms with Crippen molar-refractivity contribution in [3.63, 3.8) is 0 Å². The van der Waals surface area contributed by atoms with Crippen LogP contribution in [0.5, 0.6) is 11.6 Å². The third kappa shape index (κ3) is 5.51. The lowest BCUT2D eigenvalue weighted by Crippen LogP contribution is -2.41. The number of hydrogen-bond acceptors (Lipinski definition) is 7. The number of pyridine rings is 1. The molecular weight excluding hydrogens is 616 g/mol. The van der Waals surface area contributed by atoms with E-state index in [0.717, 1.165) is 35.6 Å². The van der Waals surface area contributed by atoms with Crippen molar-refractivity contribution < 1.29 is 14.3 Å². The van der Waals surface area contributed by atoms with Crippen molar-refractivity contribution in [3.8, 4) is 29.0 Å². The number of nitrogens with zero attached hydrogens (tertiary/aromatic N) is 7. The van der Waals surface area contributed by atoms with Gasteiger partial charge in [0.15, 0.2) is 11.6 Å². The van der Waals surface area contributed by atoms with Crippen LogP contribution in [0.2, 0.25) is 0 Å². The number of para-hydroxylation sites is 1. The van der Waals surface area contributed by atoms with Gasteiger partial charge < -0.3 is 29.2 Å². The number of amides is 1. The molecule has 1 aliphatic heterocycles. The summed E-state index contributed by atoms with van der Waals surface area (Å²) in [5, 5.41) is 5.81. The Balaban J connectivity index is 1.27. The molecule has 1 aliphatic carbocycles. The van der Waals surface area contributed by atoms with Crippen LogP contribution in [0.4, 0.5) is 0 Å². The zero-order valence-electron chi connectivity index (χ0n) is 28.4. The molecule has 2 N–H and O–H groups in total. The molecule has 2 aromatic carbocycles. The van der Waals surface area contributed by atoms with Gasteiger partial charge in [-0.15, -0.1) is 0 Å². The highest BCUT2D eigenvalue weighted by atomic mass is 16.5. The highest BCUT2D eigenvalue weighted by Gasteiger charge is 2.39. The number of rotatable bonds is 10. The Labute approximate surface area is 285 Å². The Hall–Kier alpha value is -5.16. The minimum absolute atomic E-state index is 0.0492. The molecule has 3 unspecified atom stereocenters. The van der Waals surface area contributed by atoms with Gasteiger partial charge in [-0.3, -0.25) is 4.79 Å². The van der Waals surface area contributed by atoms with E-state index in [4.69, 9.17) is 20.2 Å². The number of hydrogen-bond donors (Lipinski definition) is 1. The van der Waals surface area contributed by atoms with Gasteiger partial charge in [-0.2, -0.15) is 10.1 Å². The van der Waals surface area contributed by atoms with Crippen LogP contribution in [0.1, 0.15) is 49.0 Å². The van der Waals surface area contributed by atoms with E-state index >= 15 is 0 Å². The summed E-state index contributed by atoms with van der Waals surface area (Å²) in [6.07, 6.45) is 7.23. The molecule has 49 heavy (non-hydrogen) atoms. The molecule has 8 rings (SSSR count). The Morgan fingerprint density at radius 1 is 1.00 bits per heavy atom. The van der Waals surface area contributed by atoms with Crippen molar-refractivity contribution in [2.24, 2.45) is 17.6 Å². The summed E-state index contributed by atoms with van der Waals surface area (Å²) in [6.45, 7) is 6.22. The van der Waals surface area contributed by atoms with Crippen LogP contribution in [-0.4, -0.2) is 72.5 Å². The molecule has 6 aromatic rings. The molecule has 0 bridgehead atoms. The van der Waals surface area contributed by atoms with Gasteiger partial charge in [0, 0.05) is 59.5 Å². The molecular formula is C38H42N8O3.